The smallest absolute Gasteiger partial charge is 0.268 e. The van der Waals surface area contributed by atoms with Gasteiger partial charge in [0.05, 0.1) is 6.54 Å². The zero-order valence-corrected chi connectivity index (χ0v) is 27.0. The van der Waals surface area contributed by atoms with Crippen molar-refractivity contribution in [3.05, 3.63) is 143 Å². The Hall–Kier alpha value is -4.75. The van der Waals surface area contributed by atoms with Crippen LogP contribution in [-0.2, 0) is 17.3 Å². The van der Waals surface area contributed by atoms with E-state index in [1.165, 1.54) is 0 Å². The molecule has 0 bridgehead atoms. The highest BCUT2D eigenvalue weighted by molar-refractivity contribution is 6.00. The zero-order valence-electron chi connectivity index (χ0n) is 27.0. The molecule has 7 heteroatoms. The molecule has 1 aromatic heterocycles. The van der Waals surface area contributed by atoms with Gasteiger partial charge in [0.2, 0.25) is 5.91 Å². The number of fused-ring (bicyclic) bond motifs is 1. The van der Waals surface area contributed by atoms with Crippen LogP contribution in [0.4, 0.5) is 4.39 Å². The van der Waals surface area contributed by atoms with Gasteiger partial charge in [-0.1, -0.05) is 97.1 Å². The fraction of sp³-hybridized carbons (Fsp3) is 0.300. The Balaban J connectivity index is 1.12. The van der Waals surface area contributed by atoms with Crippen molar-refractivity contribution in [1.82, 2.24) is 20.1 Å². The van der Waals surface area contributed by atoms with Crippen LogP contribution in [0.15, 0.2) is 115 Å². The normalized spacial score (nSPS) is 14.3. The second-order valence-electron chi connectivity index (χ2n) is 12.7. The van der Waals surface area contributed by atoms with E-state index in [1.54, 1.807) is 12.1 Å². The summed E-state index contributed by atoms with van der Waals surface area (Å²) in [5.74, 6) is -0.355. The number of piperidine rings is 1. The minimum Gasteiger partial charge on any atom is -0.353 e. The molecule has 0 saturated carbocycles. The minimum absolute atomic E-state index is 0.100. The highest BCUT2D eigenvalue weighted by Gasteiger charge is 2.35. The van der Waals surface area contributed by atoms with E-state index in [9.17, 15) is 14.0 Å². The summed E-state index contributed by atoms with van der Waals surface area (Å²) in [4.78, 5) is 28.8. The molecule has 0 radical (unpaired) electrons. The maximum atomic E-state index is 14.4. The van der Waals surface area contributed by atoms with E-state index in [2.05, 4.69) is 39.8 Å². The van der Waals surface area contributed by atoms with Crippen LogP contribution in [0.3, 0.4) is 0 Å². The topological polar surface area (TPSA) is 66.4 Å². The first kappa shape index (κ1) is 32.2. The number of rotatable bonds is 12. The number of nitrogens with one attached hydrogen (secondary N) is 2. The van der Waals surface area contributed by atoms with Crippen LogP contribution in [0.25, 0.3) is 10.9 Å². The predicted molar refractivity (Wildman–Crippen MR) is 186 cm³/mol. The maximum absolute atomic E-state index is 14.4. The molecule has 1 aliphatic heterocycles. The molecule has 242 valence electrons. The van der Waals surface area contributed by atoms with Gasteiger partial charge in [0.15, 0.2) is 0 Å². The molecule has 1 saturated heterocycles. The molecule has 5 aromatic rings. The van der Waals surface area contributed by atoms with Gasteiger partial charge in [0.1, 0.15) is 11.5 Å². The number of halogens is 1. The first-order valence-electron chi connectivity index (χ1n) is 16.6. The lowest BCUT2D eigenvalue weighted by Crippen LogP contribution is -2.45. The lowest BCUT2D eigenvalue weighted by Gasteiger charge is -2.37. The predicted octanol–water partition coefficient (Wildman–Crippen LogP) is 6.81. The summed E-state index contributed by atoms with van der Waals surface area (Å²) in [5.41, 5.74) is 4.15. The molecule has 0 spiro atoms. The lowest BCUT2D eigenvalue weighted by atomic mass is 9.71. The van der Waals surface area contributed by atoms with Gasteiger partial charge in [-0.2, -0.15) is 0 Å². The number of carbonyl (C=O) groups excluding carboxylic acids is 2. The second kappa shape index (κ2) is 14.8. The number of aryl methyl sites for hydroxylation is 1. The number of hydrogen-bond acceptors (Lipinski definition) is 3. The molecule has 1 fully saturated rings. The van der Waals surface area contributed by atoms with Gasteiger partial charge in [-0.3, -0.25) is 9.59 Å². The summed E-state index contributed by atoms with van der Waals surface area (Å²) in [6.07, 6.45) is 3.66. The van der Waals surface area contributed by atoms with Gasteiger partial charge in [-0.25, -0.2) is 4.39 Å². The fourth-order valence-electron chi connectivity index (χ4n) is 7.21. The standard InChI is InChI=1S/C40H43FN4O2/c1-44-36-20-11-8-13-31(36)27-37(44)39(47)42-28-38(46)43-29-40(32-14-4-2-5-15-32,33-16-6-3-7-17-33)23-12-24-45-25-21-30(22-26-45)34-18-9-10-19-35(34)41/h2-11,13-20,27,30H,12,21-26,28-29H2,1H3,(H,42,47)(H,43,46). The molecular formula is C40H43FN4O2. The van der Waals surface area contributed by atoms with E-state index in [-0.39, 0.29) is 30.1 Å². The Labute approximate surface area is 276 Å². The summed E-state index contributed by atoms with van der Waals surface area (Å²) >= 11 is 0. The maximum Gasteiger partial charge on any atom is 0.268 e. The summed E-state index contributed by atoms with van der Waals surface area (Å²) in [6, 6.07) is 37.6. The number of hydrogen-bond donors (Lipinski definition) is 2. The number of likely N-dealkylation sites (tertiary alicyclic amines) is 1. The third-order valence-electron chi connectivity index (χ3n) is 9.84. The van der Waals surface area contributed by atoms with Crippen LogP contribution >= 0.6 is 0 Å². The van der Waals surface area contributed by atoms with Gasteiger partial charge in [-0.05, 0) is 86.1 Å². The van der Waals surface area contributed by atoms with Crippen molar-refractivity contribution in [2.24, 2.45) is 7.05 Å². The number of amides is 2. The molecule has 2 amide bonds. The quantitative estimate of drug-likeness (QED) is 0.159. The number of nitrogens with zero attached hydrogens (tertiary/aromatic N) is 2. The summed E-state index contributed by atoms with van der Waals surface area (Å²) in [6.45, 7) is 3.10. The molecule has 0 atom stereocenters. The summed E-state index contributed by atoms with van der Waals surface area (Å²) in [5, 5.41) is 6.98. The van der Waals surface area contributed by atoms with Crippen LogP contribution < -0.4 is 10.6 Å². The van der Waals surface area contributed by atoms with E-state index in [0.29, 0.717) is 12.2 Å². The van der Waals surface area contributed by atoms with Crippen molar-refractivity contribution in [3.8, 4) is 0 Å². The van der Waals surface area contributed by atoms with Gasteiger partial charge < -0.3 is 20.1 Å². The van der Waals surface area contributed by atoms with Crippen LogP contribution in [0.2, 0.25) is 0 Å². The lowest BCUT2D eigenvalue weighted by molar-refractivity contribution is -0.120. The number of para-hydroxylation sites is 1. The number of benzene rings is 4. The third-order valence-corrected chi connectivity index (χ3v) is 9.84. The number of aromatic nitrogens is 1. The van der Waals surface area contributed by atoms with Crippen LogP contribution in [0.5, 0.6) is 0 Å². The number of carbonyl (C=O) groups is 2. The van der Waals surface area contributed by atoms with E-state index >= 15 is 0 Å². The molecule has 6 nitrogen and oxygen atoms in total. The van der Waals surface area contributed by atoms with Crippen molar-refractivity contribution < 1.29 is 14.0 Å². The molecular weight excluding hydrogens is 587 g/mol. The monoisotopic (exact) mass is 630 g/mol. The Kier molecular flexibility index (Phi) is 10.1. The molecule has 47 heavy (non-hydrogen) atoms. The highest BCUT2D eigenvalue weighted by atomic mass is 19.1. The van der Waals surface area contributed by atoms with Crippen molar-refractivity contribution in [2.45, 2.75) is 37.0 Å². The van der Waals surface area contributed by atoms with Gasteiger partial charge in [0, 0.05) is 29.9 Å². The Bertz CT molecular complexity index is 1760. The molecule has 0 aliphatic carbocycles. The Morgan fingerprint density at radius 3 is 2.09 bits per heavy atom. The Morgan fingerprint density at radius 2 is 1.43 bits per heavy atom. The average Bonchev–Trinajstić information content (AvgIpc) is 3.46. The van der Waals surface area contributed by atoms with E-state index < -0.39 is 5.41 Å². The van der Waals surface area contributed by atoms with Crippen molar-refractivity contribution in [1.29, 1.82) is 0 Å². The van der Waals surface area contributed by atoms with E-state index in [1.807, 2.05) is 90.5 Å². The first-order valence-corrected chi connectivity index (χ1v) is 16.6. The fourth-order valence-corrected chi connectivity index (χ4v) is 7.21. The van der Waals surface area contributed by atoms with Crippen LogP contribution in [0, 0.1) is 5.82 Å². The van der Waals surface area contributed by atoms with Gasteiger partial charge in [0.25, 0.3) is 5.91 Å². The molecule has 6 rings (SSSR count). The van der Waals surface area contributed by atoms with Crippen LogP contribution in [-0.4, -0.2) is 54.0 Å². The zero-order chi connectivity index (χ0) is 32.6. The molecule has 2 N–H and O–H groups in total. The third kappa shape index (κ3) is 7.31. The van der Waals surface area contributed by atoms with Crippen molar-refractivity contribution in [3.63, 3.8) is 0 Å². The molecule has 4 aromatic carbocycles. The van der Waals surface area contributed by atoms with Crippen molar-refractivity contribution >= 4 is 22.7 Å². The SMILES string of the molecule is Cn1c(C(=O)NCC(=O)NCC(CCCN2CCC(c3ccccc3F)CC2)(c2ccccc2)c2ccccc2)cc2ccccc21. The molecule has 2 heterocycles. The first-order chi connectivity index (χ1) is 22.9. The largest absolute Gasteiger partial charge is 0.353 e. The van der Waals surface area contributed by atoms with Crippen LogP contribution in [0.1, 0.15) is 58.8 Å². The summed E-state index contributed by atoms with van der Waals surface area (Å²) in [7, 11) is 1.86. The second-order valence-corrected chi connectivity index (χ2v) is 12.7. The molecule has 1 aliphatic rings. The highest BCUT2D eigenvalue weighted by Crippen LogP contribution is 2.37. The summed E-state index contributed by atoms with van der Waals surface area (Å²) < 4.78 is 16.3. The van der Waals surface area contributed by atoms with Crippen molar-refractivity contribution in [2.75, 3.05) is 32.7 Å². The van der Waals surface area contributed by atoms with E-state index in [4.69, 9.17) is 0 Å². The van der Waals surface area contributed by atoms with E-state index in [0.717, 1.165) is 72.9 Å². The van der Waals surface area contributed by atoms with Gasteiger partial charge >= 0.3 is 0 Å². The minimum atomic E-state index is -0.455. The van der Waals surface area contributed by atoms with Gasteiger partial charge in [-0.15, -0.1) is 0 Å². The average molecular weight is 631 g/mol. The molecule has 0 unspecified atom stereocenters. The Morgan fingerprint density at radius 1 is 0.809 bits per heavy atom.